The van der Waals surface area contributed by atoms with Crippen LogP contribution in [0, 0.1) is 0 Å². The van der Waals surface area contributed by atoms with Gasteiger partial charge in [-0.25, -0.2) is 4.98 Å². The van der Waals surface area contributed by atoms with Crippen LogP contribution in [0.1, 0.15) is 18.2 Å². The molecular formula is C11H12BrN5O. The van der Waals surface area contributed by atoms with E-state index in [-0.39, 0.29) is 0 Å². The van der Waals surface area contributed by atoms with Crippen molar-refractivity contribution in [3.63, 3.8) is 0 Å². The Morgan fingerprint density at radius 2 is 2.39 bits per heavy atom. The number of aromatic amines is 1. The summed E-state index contributed by atoms with van der Waals surface area (Å²) in [6.07, 6.45) is 2.71. The van der Waals surface area contributed by atoms with Gasteiger partial charge in [0.2, 0.25) is 5.95 Å². The van der Waals surface area contributed by atoms with Gasteiger partial charge in [-0.05, 0) is 34.5 Å². The van der Waals surface area contributed by atoms with Crippen molar-refractivity contribution >= 4 is 27.7 Å². The van der Waals surface area contributed by atoms with E-state index in [1.54, 1.807) is 6.20 Å². The van der Waals surface area contributed by atoms with E-state index in [1.165, 1.54) is 0 Å². The molecule has 0 spiro atoms. The summed E-state index contributed by atoms with van der Waals surface area (Å²) in [6.45, 7) is 1.51. The normalized spacial score (nSPS) is 19.1. The molecule has 7 heteroatoms. The van der Waals surface area contributed by atoms with Crippen molar-refractivity contribution in [2.75, 3.05) is 18.5 Å². The van der Waals surface area contributed by atoms with Gasteiger partial charge in [-0.1, -0.05) is 0 Å². The molecule has 0 radical (unpaired) electrons. The summed E-state index contributed by atoms with van der Waals surface area (Å²) in [5, 5.41) is 10.1. The number of hydrogen-bond donors (Lipinski definition) is 2. The second-order valence-corrected chi connectivity index (χ2v) is 5.01. The Balaban J connectivity index is 1.71. The summed E-state index contributed by atoms with van der Waals surface area (Å²) in [7, 11) is 0. The van der Waals surface area contributed by atoms with Crippen molar-refractivity contribution < 1.29 is 4.74 Å². The Morgan fingerprint density at radius 1 is 1.44 bits per heavy atom. The van der Waals surface area contributed by atoms with Crippen LogP contribution >= 0.6 is 15.9 Å². The van der Waals surface area contributed by atoms with Crippen LogP contribution in [0.5, 0.6) is 0 Å². The van der Waals surface area contributed by atoms with E-state index in [4.69, 9.17) is 4.74 Å². The van der Waals surface area contributed by atoms with Crippen LogP contribution in [0.2, 0.25) is 0 Å². The summed E-state index contributed by atoms with van der Waals surface area (Å²) in [4.78, 5) is 8.60. The number of anilines is 2. The van der Waals surface area contributed by atoms with Crippen molar-refractivity contribution in [1.29, 1.82) is 0 Å². The zero-order valence-electron chi connectivity index (χ0n) is 9.56. The Hall–Kier alpha value is -1.47. The molecular weight excluding hydrogens is 298 g/mol. The highest BCUT2D eigenvalue weighted by Crippen LogP contribution is 2.23. The Morgan fingerprint density at radius 3 is 3.11 bits per heavy atom. The number of rotatable bonds is 3. The standard InChI is InChI=1S/C11H12BrN5O/c12-8-1-2-9(13-5-8)14-11-15-10(16-17-11)7-3-4-18-6-7/h1-2,5,7H,3-4,6H2,(H2,13,14,15,16,17). The quantitative estimate of drug-likeness (QED) is 0.909. The molecule has 1 atom stereocenters. The van der Waals surface area contributed by atoms with Gasteiger partial charge >= 0.3 is 0 Å². The first-order valence-electron chi connectivity index (χ1n) is 5.70. The largest absolute Gasteiger partial charge is 0.381 e. The number of halogens is 1. The SMILES string of the molecule is Brc1ccc(Nc2n[nH]c(C3CCOC3)n2)nc1. The predicted octanol–water partition coefficient (Wildman–Crippen LogP) is 2.21. The lowest BCUT2D eigenvalue weighted by atomic mass is 10.1. The Labute approximate surface area is 112 Å². The number of H-pyrrole nitrogens is 1. The fraction of sp³-hybridized carbons (Fsp3) is 0.364. The van der Waals surface area contributed by atoms with Crippen molar-refractivity contribution in [3.8, 4) is 0 Å². The first kappa shape index (κ1) is 11.6. The van der Waals surface area contributed by atoms with Crippen LogP contribution in [-0.4, -0.2) is 33.4 Å². The van der Waals surface area contributed by atoms with Crippen LogP contribution in [0.15, 0.2) is 22.8 Å². The van der Waals surface area contributed by atoms with Crippen molar-refractivity contribution in [2.24, 2.45) is 0 Å². The van der Waals surface area contributed by atoms with E-state index in [2.05, 4.69) is 41.4 Å². The summed E-state index contributed by atoms with van der Waals surface area (Å²) < 4.78 is 6.26. The number of nitrogens with one attached hydrogen (secondary N) is 2. The molecule has 94 valence electrons. The van der Waals surface area contributed by atoms with E-state index < -0.39 is 0 Å². The topological polar surface area (TPSA) is 75.7 Å². The minimum Gasteiger partial charge on any atom is -0.381 e. The summed E-state index contributed by atoms with van der Waals surface area (Å²) in [5.41, 5.74) is 0. The van der Waals surface area contributed by atoms with Crippen LogP contribution in [-0.2, 0) is 4.74 Å². The zero-order chi connectivity index (χ0) is 12.4. The molecule has 1 fully saturated rings. The summed E-state index contributed by atoms with van der Waals surface area (Å²) in [6, 6.07) is 3.77. The first-order valence-corrected chi connectivity index (χ1v) is 6.49. The fourth-order valence-corrected chi connectivity index (χ4v) is 2.06. The van der Waals surface area contributed by atoms with Crippen molar-refractivity contribution in [1.82, 2.24) is 20.2 Å². The van der Waals surface area contributed by atoms with E-state index in [1.807, 2.05) is 12.1 Å². The molecule has 0 bridgehead atoms. The Kier molecular flexibility index (Phi) is 3.24. The lowest BCUT2D eigenvalue weighted by Gasteiger charge is -2.01. The van der Waals surface area contributed by atoms with Gasteiger partial charge in [0.1, 0.15) is 11.6 Å². The number of aromatic nitrogens is 4. The van der Waals surface area contributed by atoms with Crippen LogP contribution < -0.4 is 5.32 Å². The minimum atomic E-state index is 0.325. The molecule has 0 saturated carbocycles. The van der Waals surface area contributed by atoms with Crippen molar-refractivity contribution in [3.05, 3.63) is 28.6 Å². The van der Waals surface area contributed by atoms with Gasteiger partial charge < -0.3 is 10.1 Å². The number of nitrogens with zero attached hydrogens (tertiary/aromatic N) is 3. The maximum Gasteiger partial charge on any atom is 0.247 e. The van der Waals surface area contributed by atoms with E-state index in [0.29, 0.717) is 24.3 Å². The summed E-state index contributed by atoms with van der Waals surface area (Å²) in [5.74, 6) is 2.44. The molecule has 6 nitrogen and oxygen atoms in total. The van der Waals surface area contributed by atoms with Gasteiger partial charge in [0, 0.05) is 23.2 Å². The molecule has 3 rings (SSSR count). The number of pyridine rings is 1. The van der Waals surface area contributed by atoms with Gasteiger partial charge in [0.05, 0.1) is 6.61 Å². The first-order chi connectivity index (χ1) is 8.81. The summed E-state index contributed by atoms with van der Waals surface area (Å²) >= 11 is 3.34. The third kappa shape index (κ3) is 2.51. The van der Waals surface area contributed by atoms with Gasteiger partial charge in [0.25, 0.3) is 0 Å². The molecule has 1 aliphatic heterocycles. The van der Waals surface area contributed by atoms with Gasteiger partial charge in [-0.15, -0.1) is 5.10 Å². The van der Waals surface area contributed by atoms with E-state index in [9.17, 15) is 0 Å². The van der Waals surface area contributed by atoms with Crippen LogP contribution in [0.3, 0.4) is 0 Å². The van der Waals surface area contributed by atoms with E-state index in [0.717, 1.165) is 23.3 Å². The van der Waals surface area contributed by atoms with Crippen LogP contribution in [0.4, 0.5) is 11.8 Å². The molecule has 0 aliphatic carbocycles. The molecule has 3 heterocycles. The van der Waals surface area contributed by atoms with Gasteiger partial charge in [0.15, 0.2) is 0 Å². The second-order valence-electron chi connectivity index (χ2n) is 4.09. The smallest absolute Gasteiger partial charge is 0.247 e. The highest BCUT2D eigenvalue weighted by Gasteiger charge is 2.21. The zero-order valence-corrected chi connectivity index (χ0v) is 11.1. The molecule has 2 N–H and O–H groups in total. The number of hydrogen-bond acceptors (Lipinski definition) is 5. The maximum absolute atomic E-state index is 5.33. The second kappa shape index (κ2) is 5.03. The van der Waals surface area contributed by atoms with Crippen LogP contribution in [0.25, 0.3) is 0 Å². The Bertz CT molecular complexity index is 520. The molecule has 0 aromatic carbocycles. The molecule has 2 aromatic rings. The molecule has 1 unspecified atom stereocenters. The van der Waals surface area contributed by atoms with Crippen molar-refractivity contribution in [2.45, 2.75) is 12.3 Å². The lowest BCUT2D eigenvalue weighted by molar-refractivity contribution is 0.193. The molecule has 1 saturated heterocycles. The fourth-order valence-electron chi connectivity index (χ4n) is 1.83. The third-order valence-corrected chi connectivity index (χ3v) is 3.26. The van der Waals surface area contributed by atoms with E-state index >= 15 is 0 Å². The van der Waals surface area contributed by atoms with Gasteiger partial charge in [-0.2, -0.15) is 4.98 Å². The average Bonchev–Trinajstić information content (AvgIpc) is 3.02. The third-order valence-electron chi connectivity index (χ3n) is 2.79. The number of ether oxygens (including phenoxy) is 1. The molecule has 1 aliphatic rings. The maximum atomic E-state index is 5.33. The van der Waals surface area contributed by atoms with Gasteiger partial charge in [-0.3, -0.25) is 5.10 Å². The lowest BCUT2D eigenvalue weighted by Crippen LogP contribution is -2.00. The minimum absolute atomic E-state index is 0.325. The monoisotopic (exact) mass is 309 g/mol. The average molecular weight is 310 g/mol. The molecule has 0 amide bonds. The highest BCUT2D eigenvalue weighted by atomic mass is 79.9. The highest BCUT2D eigenvalue weighted by molar-refractivity contribution is 9.10. The molecule has 18 heavy (non-hydrogen) atoms. The predicted molar refractivity (Wildman–Crippen MR) is 69.8 cm³/mol. The molecule has 2 aromatic heterocycles.